The number of hydrogen-bond acceptors (Lipinski definition) is 3. The molecule has 4 heteroatoms. The minimum absolute atomic E-state index is 0.146. The monoisotopic (exact) mass is 280 g/mol. The molecular formula is C16H32N4. The van der Waals surface area contributed by atoms with Crippen molar-refractivity contribution >= 4 is 0 Å². The Labute approximate surface area is 124 Å². The number of aryl methyl sites for hydroxylation is 1. The third-order valence-electron chi connectivity index (χ3n) is 4.11. The van der Waals surface area contributed by atoms with E-state index in [0.29, 0.717) is 5.92 Å². The number of nitrogens with one attached hydrogen (secondary N) is 1. The Morgan fingerprint density at radius 1 is 1.25 bits per heavy atom. The van der Waals surface area contributed by atoms with Crippen LogP contribution in [0.15, 0.2) is 6.33 Å². The zero-order valence-electron chi connectivity index (χ0n) is 14.3. The van der Waals surface area contributed by atoms with Crippen molar-refractivity contribution in [3.63, 3.8) is 0 Å². The molecule has 1 aromatic rings. The molecule has 0 bridgehead atoms. The van der Waals surface area contributed by atoms with Gasteiger partial charge in [-0.25, -0.2) is 4.98 Å². The first-order chi connectivity index (χ1) is 9.18. The highest BCUT2D eigenvalue weighted by molar-refractivity contribution is 4.95. The third kappa shape index (κ3) is 4.89. The zero-order chi connectivity index (χ0) is 15.4. The summed E-state index contributed by atoms with van der Waals surface area (Å²) >= 11 is 0. The van der Waals surface area contributed by atoms with Gasteiger partial charge in [-0.05, 0) is 38.5 Å². The van der Waals surface area contributed by atoms with Gasteiger partial charge in [0, 0.05) is 25.0 Å². The molecule has 1 aromatic heterocycles. The van der Waals surface area contributed by atoms with E-state index in [1.54, 1.807) is 6.33 Å². The second kappa shape index (κ2) is 6.70. The summed E-state index contributed by atoms with van der Waals surface area (Å²) in [7, 11) is 0. The van der Waals surface area contributed by atoms with Gasteiger partial charge in [-0.3, -0.25) is 4.68 Å². The lowest BCUT2D eigenvalue weighted by Gasteiger charge is -2.37. The van der Waals surface area contributed by atoms with Gasteiger partial charge < -0.3 is 5.32 Å². The van der Waals surface area contributed by atoms with E-state index < -0.39 is 0 Å². The van der Waals surface area contributed by atoms with Crippen LogP contribution in [0.3, 0.4) is 0 Å². The Morgan fingerprint density at radius 3 is 2.40 bits per heavy atom. The molecule has 20 heavy (non-hydrogen) atoms. The molecule has 0 aromatic carbocycles. The molecule has 1 unspecified atom stereocenters. The van der Waals surface area contributed by atoms with Gasteiger partial charge in [-0.15, -0.1) is 0 Å². The fourth-order valence-electron chi connectivity index (χ4n) is 2.12. The minimum Gasteiger partial charge on any atom is -0.312 e. The molecule has 1 heterocycles. The van der Waals surface area contributed by atoms with Gasteiger partial charge >= 0.3 is 0 Å². The number of hydrogen-bond donors (Lipinski definition) is 1. The maximum Gasteiger partial charge on any atom is 0.138 e. The van der Waals surface area contributed by atoms with Gasteiger partial charge in [0.1, 0.15) is 12.2 Å². The van der Waals surface area contributed by atoms with Gasteiger partial charge in [0.2, 0.25) is 0 Å². The summed E-state index contributed by atoms with van der Waals surface area (Å²) in [6, 6.07) is 0. The van der Waals surface area contributed by atoms with Crippen molar-refractivity contribution < 1.29 is 0 Å². The van der Waals surface area contributed by atoms with Crippen molar-refractivity contribution in [2.45, 2.75) is 73.4 Å². The predicted octanol–water partition coefficient (Wildman–Crippen LogP) is 3.28. The van der Waals surface area contributed by atoms with Crippen molar-refractivity contribution in [2.75, 3.05) is 6.54 Å². The molecule has 116 valence electrons. The number of rotatable bonds is 7. The molecule has 0 saturated heterocycles. The van der Waals surface area contributed by atoms with E-state index in [2.05, 4.69) is 68.5 Å². The van der Waals surface area contributed by atoms with Crippen molar-refractivity contribution in [3.05, 3.63) is 12.2 Å². The summed E-state index contributed by atoms with van der Waals surface area (Å²) < 4.78 is 2.05. The molecule has 0 saturated carbocycles. The fourth-order valence-corrected chi connectivity index (χ4v) is 2.12. The largest absolute Gasteiger partial charge is 0.312 e. The van der Waals surface area contributed by atoms with Crippen LogP contribution in [-0.4, -0.2) is 26.8 Å². The first-order valence-corrected chi connectivity index (χ1v) is 7.79. The van der Waals surface area contributed by atoms with Gasteiger partial charge in [-0.2, -0.15) is 5.10 Å². The maximum absolute atomic E-state index is 4.47. The van der Waals surface area contributed by atoms with E-state index in [1.165, 1.54) is 0 Å². The van der Waals surface area contributed by atoms with Crippen molar-refractivity contribution in [3.8, 4) is 0 Å². The highest BCUT2D eigenvalue weighted by Crippen LogP contribution is 2.30. The van der Waals surface area contributed by atoms with E-state index in [0.717, 1.165) is 31.8 Å². The van der Waals surface area contributed by atoms with Gasteiger partial charge in [-0.1, -0.05) is 27.7 Å². The average Bonchev–Trinajstić information content (AvgIpc) is 2.73. The van der Waals surface area contributed by atoms with Crippen molar-refractivity contribution in [2.24, 2.45) is 11.3 Å². The van der Waals surface area contributed by atoms with E-state index in [4.69, 9.17) is 0 Å². The fraction of sp³-hybridized carbons (Fsp3) is 0.875. The molecule has 1 rings (SSSR count). The topological polar surface area (TPSA) is 42.7 Å². The molecule has 0 aliphatic carbocycles. The molecule has 0 aliphatic heterocycles. The van der Waals surface area contributed by atoms with Crippen LogP contribution in [0.1, 0.15) is 60.7 Å². The van der Waals surface area contributed by atoms with E-state index in [1.807, 2.05) is 0 Å². The molecule has 0 fully saturated rings. The smallest absolute Gasteiger partial charge is 0.138 e. The van der Waals surface area contributed by atoms with Crippen LogP contribution in [0, 0.1) is 11.3 Å². The van der Waals surface area contributed by atoms with Crippen LogP contribution in [0.5, 0.6) is 0 Å². The second-order valence-electron chi connectivity index (χ2n) is 7.49. The summed E-state index contributed by atoms with van der Waals surface area (Å²) in [5.41, 5.74) is 0.332. The Hall–Kier alpha value is -0.900. The molecule has 0 radical (unpaired) electrons. The van der Waals surface area contributed by atoms with Crippen LogP contribution < -0.4 is 5.32 Å². The lowest BCUT2D eigenvalue weighted by atomic mass is 9.75. The zero-order valence-corrected chi connectivity index (χ0v) is 14.3. The van der Waals surface area contributed by atoms with E-state index in [9.17, 15) is 0 Å². The first kappa shape index (κ1) is 17.2. The highest BCUT2D eigenvalue weighted by Gasteiger charge is 2.31. The molecule has 1 N–H and O–H groups in total. The summed E-state index contributed by atoms with van der Waals surface area (Å²) in [5, 5.41) is 7.99. The third-order valence-corrected chi connectivity index (χ3v) is 4.11. The second-order valence-corrected chi connectivity index (χ2v) is 7.49. The highest BCUT2D eigenvalue weighted by atomic mass is 15.3. The normalized spacial score (nSPS) is 15.6. The summed E-state index contributed by atoms with van der Waals surface area (Å²) in [6.07, 6.45) is 3.74. The van der Waals surface area contributed by atoms with Crippen molar-refractivity contribution in [1.82, 2.24) is 20.1 Å². The molecule has 0 spiro atoms. The molecule has 0 amide bonds. The molecule has 1 atom stereocenters. The lowest BCUT2D eigenvalue weighted by molar-refractivity contribution is 0.182. The Kier molecular flexibility index (Phi) is 5.75. The number of nitrogens with zero attached hydrogens (tertiary/aromatic N) is 3. The van der Waals surface area contributed by atoms with E-state index in [-0.39, 0.29) is 11.0 Å². The van der Waals surface area contributed by atoms with Gasteiger partial charge in [0.05, 0.1) is 0 Å². The maximum atomic E-state index is 4.47. The number of aromatic nitrogens is 3. The van der Waals surface area contributed by atoms with Gasteiger partial charge in [0.25, 0.3) is 0 Å². The van der Waals surface area contributed by atoms with Crippen LogP contribution >= 0.6 is 0 Å². The molecular weight excluding hydrogens is 248 g/mol. The average molecular weight is 280 g/mol. The van der Waals surface area contributed by atoms with Crippen LogP contribution in [-0.2, 0) is 13.0 Å². The summed E-state index contributed by atoms with van der Waals surface area (Å²) in [5.74, 6) is 1.70. The van der Waals surface area contributed by atoms with Crippen LogP contribution in [0.25, 0.3) is 0 Å². The van der Waals surface area contributed by atoms with Crippen molar-refractivity contribution in [1.29, 1.82) is 0 Å². The quantitative estimate of drug-likeness (QED) is 0.833. The first-order valence-electron chi connectivity index (χ1n) is 7.79. The molecule has 0 aliphatic rings. The van der Waals surface area contributed by atoms with E-state index >= 15 is 0 Å². The standard InChI is InChI=1S/C16H32N4/c1-8-9-20-14(17-12-19-20)10-16(7,13(2)3)11-18-15(4,5)6/h12-13,18H,8-11H2,1-7H3. The minimum atomic E-state index is 0.146. The Bertz CT molecular complexity index is 403. The SMILES string of the molecule is CCCn1ncnc1CC(C)(CNC(C)(C)C)C(C)C. The van der Waals surface area contributed by atoms with Crippen LogP contribution in [0.4, 0.5) is 0 Å². The Morgan fingerprint density at radius 2 is 1.90 bits per heavy atom. The van der Waals surface area contributed by atoms with Crippen LogP contribution in [0.2, 0.25) is 0 Å². The predicted molar refractivity (Wildman–Crippen MR) is 84.7 cm³/mol. The summed E-state index contributed by atoms with van der Waals surface area (Å²) in [4.78, 5) is 4.47. The lowest BCUT2D eigenvalue weighted by Crippen LogP contribution is -2.46. The van der Waals surface area contributed by atoms with Gasteiger partial charge in [0.15, 0.2) is 0 Å². The molecule has 4 nitrogen and oxygen atoms in total. The summed E-state index contributed by atoms with van der Waals surface area (Å²) in [6.45, 7) is 17.7. The Balaban J connectivity index is 2.82.